The number of hydrogen-bond acceptors (Lipinski definition) is 3. The Hall–Kier alpha value is -3.15. The van der Waals surface area contributed by atoms with Gasteiger partial charge in [0.1, 0.15) is 0 Å². The summed E-state index contributed by atoms with van der Waals surface area (Å²) in [7, 11) is 0. The third kappa shape index (κ3) is 7.71. The predicted octanol–water partition coefficient (Wildman–Crippen LogP) is 6.34. The molecule has 0 aromatic heterocycles. The molecule has 2 aliphatic rings. The molecule has 0 bridgehead atoms. The largest absolute Gasteiger partial charge is 0.338 e. The van der Waals surface area contributed by atoms with Gasteiger partial charge in [-0.25, -0.2) is 0 Å². The first-order valence-electron chi connectivity index (χ1n) is 14.2. The van der Waals surface area contributed by atoms with Gasteiger partial charge >= 0.3 is 0 Å². The molecule has 1 saturated carbocycles. The molecule has 1 aliphatic heterocycles. The summed E-state index contributed by atoms with van der Waals surface area (Å²) in [4.78, 5) is 33.4. The molecule has 1 aliphatic carbocycles. The molecule has 0 spiro atoms. The van der Waals surface area contributed by atoms with Crippen LogP contribution >= 0.6 is 11.6 Å². The number of para-hydroxylation sites is 1. The van der Waals surface area contributed by atoms with E-state index in [1.807, 2.05) is 52.3 Å². The zero-order valence-electron chi connectivity index (χ0n) is 22.6. The molecule has 39 heavy (non-hydrogen) atoms. The van der Waals surface area contributed by atoms with E-state index >= 15 is 0 Å². The first-order valence-corrected chi connectivity index (χ1v) is 14.6. The monoisotopic (exact) mass is 543 g/mol. The molecule has 2 amide bonds. The van der Waals surface area contributed by atoms with Crippen LogP contribution in [0.25, 0.3) is 0 Å². The summed E-state index contributed by atoms with van der Waals surface area (Å²) in [5.41, 5.74) is 4.41. The van der Waals surface area contributed by atoms with E-state index in [1.54, 1.807) is 0 Å². The zero-order chi connectivity index (χ0) is 27.0. The second-order valence-corrected chi connectivity index (χ2v) is 11.2. The van der Waals surface area contributed by atoms with Crippen molar-refractivity contribution in [2.24, 2.45) is 5.92 Å². The third-order valence-electron chi connectivity index (χ3n) is 7.74. The number of fused-ring (bicyclic) bond motifs is 1. The Morgan fingerprint density at radius 1 is 0.769 bits per heavy atom. The average molecular weight is 544 g/mol. The Morgan fingerprint density at radius 3 is 2.21 bits per heavy atom. The molecular weight excluding hydrogens is 506 g/mol. The first-order chi connectivity index (χ1) is 19.1. The van der Waals surface area contributed by atoms with Crippen LogP contribution in [0.5, 0.6) is 0 Å². The van der Waals surface area contributed by atoms with Crippen LogP contribution in [0.2, 0.25) is 5.02 Å². The summed E-state index contributed by atoms with van der Waals surface area (Å²) < 4.78 is 0. The molecule has 0 N–H and O–H groups in total. The third-order valence-corrected chi connectivity index (χ3v) is 7.99. The summed E-state index contributed by atoms with van der Waals surface area (Å²) in [5.74, 6) is 0.528. The Kier molecular flexibility index (Phi) is 9.33. The minimum Gasteiger partial charge on any atom is -0.338 e. The lowest BCUT2D eigenvalue weighted by Crippen LogP contribution is -2.39. The summed E-state index contributed by atoms with van der Waals surface area (Å²) in [6.07, 6.45) is 4.96. The fraction of sp³-hybridized carbons (Fsp3) is 0.394. The summed E-state index contributed by atoms with van der Waals surface area (Å²) in [6, 6.07) is 26.4. The van der Waals surface area contributed by atoms with Crippen molar-refractivity contribution in [3.8, 4) is 0 Å². The van der Waals surface area contributed by atoms with Gasteiger partial charge < -0.3 is 9.80 Å². The highest BCUT2D eigenvalue weighted by molar-refractivity contribution is 6.30. The van der Waals surface area contributed by atoms with Gasteiger partial charge in [-0.1, -0.05) is 72.3 Å². The quantitative estimate of drug-likeness (QED) is 0.364. The van der Waals surface area contributed by atoms with Crippen molar-refractivity contribution < 1.29 is 9.59 Å². The molecule has 6 heteroatoms. The number of carbonyl (C=O) groups excluding carboxylic acids is 2. The minimum absolute atomic E-state index is 0.139. The maximum atomic E-state index is 13.6. The van der Waals surface area contributed by atoms with Crippen molar-refractivity contribution in [2.45, 2.75) is 51.6 Å². The van der Waals surface area contributed by atoms with E-state index in [1.165, 1.54) is 11.1 Å². The molecule has 1 fully saturated rings. The van der Waals surface area contributed by atoms with Gasteiger partial charge in [0.15, 0.2) is 0 Å². The van der Waals surface area contributed by atoms with Crippen molar-refractivity contribution in [1.29, 1.82) is 0 Å². The highest BCUT2D eigenvalue weighted by Gasteiger charge is 2.35. The maximum Gasteiger partial charge on any atom is 0.230 e. The molecular formula is C33H38ClN3O2. The molecule has 0 radical (unpaired) electrons. The molecule has 5 rings (SSSR count). The topological polar surface area (TPSA) is 43.9 Å². The van der Waals surface area contributed by atoms with Crippen LogP contribution in [-0.4, -0.2) is 47.8 Å². The lowest BCUT2D eigenvalue weighted by atomic mass is 10.1. The van der Waals surface area contributed by atoms with Gasteiger partial charge in [-0.3, -0.25) is 14.5 Å². The molecule has 5 nitrogen and oxygen atoms in total. The molecule has 0 unspecified atom stereocenters. The van der Waals surface area contributed by atoms with Crippen LogP contribution in [0.3, 0.4) is 0 Å². The van der Waals surface area contributed by atoms with Gasteiger partial charge in [-0.2, -0.15) is 0 Å². The van der Waals surface area contributed by atoms with E-state index in [-0.39, 0.29) is 17.7 Å². The molecule has 3 aromatic rings. The Balaban J connectivity index is 1.37. The number of benzene rings is 3. The van der Waals surface area contributed by atoms with E-state index < -0.39 is 0 Å². The molecule has 3 aromatic carbocycles. The van der Waals surface area contributed by atoms with Crippen molar-refractivity contribution in [3.63, 3.8) is 0 Å². The van der Waals surface area contributed by atoms with Gasteiger partial charge in [0, 0.05) is 62.3 Å². The Morgan fingerprint density at radius 2 is 1.46 bits per heavy atom. The van der Waals surface area contributed by atoms with Gasteiger partial charge in [-0.15, -0.1) is 0 Å². The van der Waals surface area contributed by atoms with Crippen molar-refractivity contribution >= 4 is 29.1 Å². The molecule has 1 heterocycles. The SMILES string of the molecule is O=C(CCc1ccccc1)N1CCCN(Cc2ccc(Cl)cc2)CCCN(C(=O)C2CC2)c2ccccc2C1. The van der Waals surface area contributed by atoms with Crippen LogP contribution in [0, 0.1) is 5.92 Å². The number of aryl methyl sites for hydroxylation is 1. The lowest BCUT2D eigenvalue weighted by molar-refractivity contribution is -0.131. The summed E-state index contributed by atoms with van der Waals surface area (Å²) in [5, 5.41) is 0.741. The van der Waals surface area contributed by atoms with E-state index in [0.29, 0.717) is 26.1 Å². The van der Waals surface area contributed by atoms with Crippen molar-refractivity contribution in [1.82, 2.24) is 9.80 Å². The summed E-state index contributed by atoms with van der Waals surface area (Å²) >= 11 is 6.11. The molecule has 0 saturated heterocycles. The van der Waals surface area contributed by atoms with Crippen LogP contribution in [0.1, 0.15) is 48.8 Å². The van der Waals surface area contributed by atoms with Gasteiger partial charge in [0.05, 0.1) is 0 Å². The number of nitrogens with zero attached hydrogens (tertiary/aromatic N) is 3. The normalized spacial score (nSPS) is 17.2. The second-order valence-electron chi connectivity index (χ2n) is 10.8. The van der Waals surface area contributed by atoms with Crippen LogP contribution < -0.4 is 4.90 Å². The van der Waals surface area contributed by atoms with E-state index in [2.05, 4.69) is 41.3 Å². The number of carbonyl (C=O) groups is 2. The maximum absolute atomic E-state index is 13.6. The van der Waals surface area contributed by atoms with Crippen molar-refractivity contribution in [3.05, 3.63) is 101 Å². The smallest absolute Gasteiger partial charge is 0.230 e. The van der Waals surface area contributed by atoms with Crippen LogP contribution in [0.4, 0.5) is 5.69 Å². The minimum atomic E-state index is 0.139. The number of halogens is 1. The second kappa shape index (κ2) is 13.3. The molecule has 204 valence electrons. The number of rotatable bonds is 6. The van der Waals surface area contributed by atoms with Gasteiger partial charge in [-0.05, 0) is 67.0 Å². The number of anilines is 1. The fourth-order valence-electron chi connectivity index (χ4n) is 5.42. The predicted molar refractivity (Wildman–Crippen MR) is 158 cm³/mol. The van der Waals surface area contributed by atoms with Crippen LogP contribution in [0.15, 0.2) is 78.9 Å². The highest BCUT2D eigenvalue weighted by atomic mass is 35.5. The standard InChI is InChI=1S/C33H38ClN3O2/c34-30-17-12-27(13-18-30)24-35-20-6-22-36(32(38)19-14-26-8-2-1-3-9-26)25-29-10-4-5-11-31(29)37(23-7-21-35)33(39)28-15-16-28/h1-5,8-13,17-18,28H,6-7,14-16,19-25H2. The van der Waals surface area contributed by atoms with Crippen molar-refractivity contribution in [2.75, 3.05) is 31.1 Å². The molecule has 0 atom stereocenters. The van der Waals surface area contributed by atoms with E-state index in [9.17, 15) is 9.59 Å². The Labute approximate surface area is 237 Å². The van der Waals surface area contributed by atoms with Crippen LogP contribution in [-0.2, 0) is 29.1 Å². The van der Waals surface area contributed by atoms with Gasteiger partial charge in [0.25, 0.3) is 0 Å². The van der Waals surface area contributed by atoms with E-state index in [4.69, 9.17) is 11.6 Å². The Bertz CT molecular complexity index is 1240. The highest BCUT2D eigenvalue weighted by Crippen LogP contribution is 2.34. The fourth-order valence-corrected chi connectivity index (χ4v) is 5.54. The van der Waals surface area contributed by atoms with E-state index in [0.717, 1.165) is 68.0 Å². The average Bonchev–Trinajstić information content (AvgIpc) is 3.80. The summed E-state index contributed by atoms with van der Waals surface area (Å²) in [6.45, 7) is 4.51. The van der Waals surface area contributed by atoms with Gasteiger partial charge in [0.2, 0.25) is 11.8 Å². The number of amides is 2. The first kappa shape index (κ1) is 27.4. The lowest BCUT2D eigenvalue weighted by Gasteiger charge is -2.32. The zero-order valence-corrected chi connectivity index (χ0v) is 23.4. The number of hydrogen-bond donors (Lipinski definition) is 0.